The second-order valence-electron chi connectivity index (χ2n) is 7.75. The van der Waals surface area contributed by atoms with Gasteiger partial charge in [0.25, 0.3) is 5.91 Å². The van der Waals surface area contributed by atoms with Gasteiger partial charge in [0, 0.05) is 12.1 Å². The highest BCUT2D eigenvalue weighted by Gasteiger charge is 2.22. The van der Waals surface area contributed by atoms with E-state index in [1.807, 2.05) is 18.2 Å². The third kappa shape index (κ3) is 4.78. The number of nitrogens with one attached hydrogen (secondary N) is 2. The van der Waals surface area contributed by atoms with Gasteiger partial charge in [-0.1, -0.05) is 24.3 Å². The first-order valence-electron chi connectivity index (χ1n) is 10.6. The fraction of sp³-hybridized carbons (Fsp3) is 0.208. The molecular formula is C24H22N2O7S. The quantitative estimate of drug-likeness (QED) is 0.532. The van der Waals surface area contributed by atoms with Crippen molar-refractivity contribution >= 4 is 15.9 Å². The SMILES string of the molecule is O=C(NCC1COc2ccccc2O1)c1cccc(S(=O)(=O)NCc2ccc3c(c2)OCO3)c1. The summed E-state index contributed by atoms with van der Waals surface area (Å²) in [6.45, 7) is 0.727. The van der Waals surface area contributed by atoms with Gasteiger partial charge < -0.3 is 24.3 Å². The largest absolute Gasteiger partial charge is 0.486 e. The Labute approximate surface area is 196 Å². The van der Waals surface area contributed by atoms with Crippen LogP contribution in [0.15, 0.2) is 71.6 Å². The number of para-hydroxylation sites is 2. The molecule has 2 heterocycles. The first-order chi connectivity index (χ1) is 16.5. The highest BCUT2D eigenvalue weighted by atomic mass is 32.2. The van der Waals surface area contributed by atoms with Crippen LogP contribution in [0.4, 0.5) is 0 Å². The number of ether oxygens (including phenoxy) is 4. The third-order valence-corrected chi connectivity index (χ3v) is 6.77. The lowest BCUT2D eigenvalue weighted by molar-refractivity contribution is 0.0789. The van der Waals surface area contributed by atoms with Gasteiger partial charge in [-0.25, -0.2) is 13.1 Å². The Morgan fingerprint density at radius 2 is 1.68 bits per heavy atom. The summed E-state index contributed by atoms with van der Waals surface area (Å²) in [4.78, 5) is 12.6. The van der Waals surface area contributed by atoms with Crippen LogP contribution >= 0.6 is 0 Å². The van der Waals surface area contributed by atoms with E-state index in [4.69, 9.17) is 18.9 Å². The monoisotopic (exact) mass is 482 g/mol. The molecule has 3 aromatic rings. The first kappa shape index (κ1) is 22.1. The Kier molecular flexibility index (Phi) is 5.99. The van der Waals surface area contributed by atoms with Crippen LogP contribution in [-0.2, 0) is 16.6 Å². The van der Waals surface area contributed by atoms with Crippen LogP contribution in [0.25, 0.3) is 0 Å². The Morgan fingerprint density at radius 1 is 0.882 bits per heavy atom. The van der Waals surface area contributed by atoms with Crippen LogP contribution in [0.5, 0.6) is 23.0 Å². The van der Waals surface area contributed by atoms with E-state index in [1.165, 1.54) is 18.2 Å². The average Bonchev–Trinajstić information content (AvgIpc) is 3.34. The van der Waals surface area contributed by atoms with E-state index in [0.29, 0.717) is 29.6 Å². The molecule has 34 heavy (non-hydrogen) atoms. The van der Waals surface area contributed by atoms with Crippen molar-refractivity contribution in [3.8, 4) is 23.0 Å². The molecule has 176 valence electrons. The van der Waals surface area contributed by atoms with Gasteiger partial charge in [-0.05, 0) is 48.0 Å². The van der Waals surface area contributed by atoms with E-state index in [2.05, 4.69) is 10.0 Å². The van der Waals surface area contributed by atoms with Gasteiger partial charge in [-0.3, -0.25) is 4.79 Å². The molecule has 9 nitrogen and oxygen atoms in total. The van der Waals surface area contributed by atoms with Crippen molar-refractivity contribution in [1.29, 1.82) is 0 Å². The van der Waals surface area contributed by atoms with Gasteiger partial charge in [0.2, 0.25) is 16.8 Å². The molecule has 0 aliphatic carbocycles. The fourth-order valence-corrected chi connectivity index (χ4v) is 4.65. The Bertz CT molecular complexity index is 1330. The molecule has 2 aliphatic rings. The zero-order valence-corrected chi connectivity index (χ0v) is 18.8. The molecule has 0 bridgehead atoms. The van der Waals surface area contributed by atoms with E-state index < -0.39 is 15.9 Å². The molecule has 0 saturated heterocycles. The maximum absolute atomic E-state index is 12.8. The van der Waals surface area contributed by atoms with E-state index >= 15 is 0 Å². The topological polar surface area (TPSA) is 112 Å². The van der Waals surface area contributed by atoms with E-state index in [0.717, 1.165) is 5.56 Å². The number of hydrogen-bond donors (Lipinski definition) is 2. The molecule has 1 unspecified atom stereocenters. The van der Waals surface area contributed by atoms with Crippen molar-refractivity contribution < 1.29 is 32.2 Å². The van der Waals surface area contributed by atoms with Crippen LogP contribution in [-0.4, -0.2) is 40.4 Å². The lowest BCUT2D eigenvalue weighted by Crippen LogP contribution is -2.40. The van der Waals surface area contributed by atoms with E-state index in [9.17, 15) is 13.2 Å². The van der Waals surface area contributed by atoms with Crippen LogP contribution in [0, 0.1) is 0 Å². The number of fused-ring (bicyclic) bond motifs is 2. The lowest BCUT2D eigenvalue weighted by Gasteiger charge is -2.26. The van der Waals surface area contributed by atoms with Crippen LogP contribution in [0.3, 0.4) is 0 Å². The van der Waals surface area contributed by atoms with Crippen molar-refractivity contribution in [2.45, 2.75) is 17.5 Å². The zero-order valence-electron chi connectivity index (χ0n) is 18.0. The van der Waals surface area contributed by atoms with Crippen molar-refractivity contribution in [3.05, 3.63) is 77.9 Å². The third-order valence-electron chi connectivity index (χ3n) is 5.37. The molecule has 2 N–H and O–H groups in total. The number of carbonyl (C=O) groups excluding carboxylic acids is 1. The predicted molar refractivity (Wildman–Crippen MR) is 122 cm³/mol. The van der Waals surface area contributed by atoms with Crippen molar-refractivity contribution in [1.82, 2.24) is 10.0 Å². The number of benzene rings is 3. The number of hydrogen-bond acceptors (Lipinski definition) is 7. The van der Waals surface area contributed by atoms with E-state index in [-0.39, 0.29) is 36.4 Å². The summed E-state index contributed by atoms with van der Waals surface area (Å²) in [5, 5.41) is 2.77. The molecule has 5 rings (SSSR count). The molecule has 0 spiro atoms. The predicted octanol–water partition coefficient (Wildman–Crippen LogP) is 2.46. The summed E-state index contributed by atoms with van der Waals surface area (Å²) < 4.78 is 50.2. The molecule has 3 aromatic carbocycles. The first-order valence-corrected chi connectivity index (χ1v) is 12.1. The zero-order chi connectivity index (χ0) is 23.5. The Balaban J connectivity index is 1.20. The number of carbonyl (C=O) groups is 1. The molecule has 2 aliphatic heterocycles. The highest BCUT2D eigenvalue weighted by molar-refractivity contribution is 7.89. The van der Waals surface area contributed by atoms with Crippen molar-refractivity contribution in [3.63, 3.8) is 0 Å². The average molecular weight is 483 g/mol. The summed E-state index contributed by atoms with van der Waals surface area (Å²) in [6, 6.07) is 18.4. The van der Waals surface area contributed by atoms with Gasteiger partial charge in [0.15, 0.2) is 23.0 Å². The summed E-state index contributed by atoms with van der Waals surface area (Å²) >= 11 is 0. The summed E-state index contributed by atoms with van der Waals surface area (Å²) in [5.41, 5.74) is 0.945. The van der Waals surface area contributed by atoms with E-state index in [1.54, 1.807) is 30.3 Å². The summed E-state index contributed by atoms with van der Waals surface area (Å²) in [6.07, 6.45) is -0.353. The molecule has 0 radical (unpaired) electrons. The van der Waals surface area contributed by atoms with Gasteiger partial charge in [0.1, 0.15) is 12.7 Å². The van der Waals surface area contributed by atoms with Crippen LogP contribution < -0.4 is 29.0 Å². The standard InChI is InChI=1S/C24H22N2O7S/c27-24(25-13-18-14-30-20-6-1-2-7-22(20)33-18)17-4-3-5-19(11-17)34(28,29)26-12-16-8-9-21-23(10-16)32-15-31-21/h1-11,18,26H,12-15H2,(H,25,27). The Hall–Kier alpha value is -3.76. The number of amides is 1. The molecule has 1 atom stereocenters. The lowest BCUT2D eigenvalue weighted by atomic mass is 10.2. The van der Waals surface area contributed by atoms with Gasteiger partial charge in [-0.15, -0.1) is 0 Å². The fourth-order valence-electron chi connectivity index (χ4n) is 3.59. The minimum Gasteiger partial charge on any atom is -0.486 e. The maximum Gasteiger partial charge on any atom is 0.251 e. The minimum atomic E-state index is -3.84. The molecule has 0 aromatic heterocycles. The van der Waals surface area contributed by atoms with Gasteiger partial charge in [-0.2, -0.15) is 0 Å². The van der Waals surface area contributed by atoms with Crippen molar-refractivity contribution in [2.75, 3.05) is 19.9 Å². The summed E-state index contributed by atoms with van der Waals surface area (Å²) in [7, 11) is -3.84. The molecule has 1 amide bonds. The number of rotatable bonds is 7. The maximum atomic E-state index is 12.8. The van der Waals surface area contributed by atoms with Gasteiger partial charge in [0.05, 0.1) is 11.4 Å². The van der Waals surface area contributed by atoms with Crippen LogP contribution in [0.2, 0.25) is 0 Å². The Morgan fingerprint density at radius 3 is 2.56 bits per heavy atom. The number of sulfonamides is 1. The molecular weight excluding hydrogens is 460 g/mol. The molecule has 0 fully saturated rings. The minimum absolute atomic E-state index is 0.00734. The summed E-state index contributed by atoms with van der Waals surface area (Å²) in [5.74, 6) is 2.08. The molecule has 10 heteroatoms. The molecule has 0 saturated carbocycles. The van der Waals surface area contributed by atoms with Crippen molar-refractivity contribution in [2.24, 2.45) is 0 Å². The normalized spacial score (nSPS) is 16.2. The second-order valence-corrected chi connectivity index (χ2v) is 9.51. The van der Waals surface area contributed by atoms with Crippen LogP contribution in [0.1, 0.15) is 15.9 Å². The van der Waals surface area contributed by atoms with Gasteiger partial charge >= 0.3 is 0 Å². The second kappa shape index (κ2) is 9.24. The highest BCUT2D eigenvalue weighted by Crippen LogP contribution is 2.32. The smallest absolute Gasteiger partial charge is 0.251 e.